The zero-order valence-electron chi connectivity index (χ0n) is 10.8. The summed E-state index contributed by atoms with van der Waals surface area (Å²) in [6.45, 7) is 2.03. The Morgan fingerprint density at radius 3 is 2.89 bits per heavy atom. The van der Waals surface area contributed by atoms with Crippen LogP contribution in [0, 0.1) is 12.8 Å². The molecule has 94 valence electrons. The molecule has 19 heavy (non-hydrogen) atoms. The maximum atomic E-state index is 12.7. The van der Waals surface area contributed by atoms with Crippen LogP contribution in [0.5, 0.6) is 0 Å². The number of nitrogens with one attached hydrogen (secondary N) is 1. The van der Waals surface area contributed by atoms with E-state index >= 15 is 0 Å². The average Bonchev–Trinajstić information content (AvgIpc) is 2.79. The molecule has 0 aromatic heterocycles. The van der Waals surface area contributed by atoms with Crippen molar-refractivity contribution in [2.24, 2.45) is 5.92 Å². The Morgan fingerprint density at radius 2 is 2.00 bits per heavy atom. The molecule has 0 amide bonds. The van der Waals surface area contributed by atoms with Crippen molar-refractivity contribution in [1.29, 1.82) is 0 Å². The van der Waals surface area contributed by atoms with E-state index in [2.05, 4.69) is 35.6 Å². The average molecular weight is 249 g/mol. The topological polar surface area (TPSA) is 29.1 Å². The largest absolute Gasteiger partial charge is 0.377 e. The summed E-state index contributed by atoms with van der Waals surface area (Å²) in [6.07, 6.45) is 0.861. The highest BCUT2D eigenvalue weighted by Gasteiger charge is 2.41. The van der Waals surface area contributed by atoms with E-state index in [9.17, 15) is 4.79 Å². The molecule has 0 bridgehead atoms. The predicted octanol–water partition coefficient (Wildman–Crippen LogP) is 3.52. The highest BCUT2D eigenvalue weighted by molar-refractivity contribution is 6.06. The summed E-state index contributed by atoms with van der Waals surface area (Å²) >= 11 is 0. The molecule has 2 unspecified atom stereocenters. The van der Waals surface area contributed by atoms with Crippen LogP contribution < -0.4 is 5.32 Å². The fourth-order valence-electron chi connectivity index (χ4n) is 3.37. The highest BCUT2D eigenvalue weighted by atomic mass is 16.1. The first-order chi connectivity index (χ1) is 9.24. The Morgan fingerprint density at radius 1 is 1.16 bits per heavy atom. The van der Waals surface area contributed by atoms with Crippen LogP contribution in [0.1, 0.15) is 33.1 Å². The number of ketones is 1. The number of carbonyl (C=O) groups is 1. The van der Waals surface area contributed by atoms with E-state index in [1.165, 1.54) is 11.1 Å². The number of hydrogen-bond acceptors (Lipinski definition) is 2. The number of carbonyl (C=O) groups excluding carboxylic acids is 1. The molecule has 2 aromatic carbocycles. The summed E-state index contributed by atoms with van der Waals surface area (Å²) < 4.78 is 0. The van der Waals surface area contributed by atoms with Crippen molar-refractivity contribution >= 4 is 11.5 Å². The molecule has 2 aromatic rings. The molecule has 0 radical (unpaired) electrons. The zero-order chi connectivity index (χ0) is 13.0. The Labute approximate surface area is 112 Å². The minimum absolute atomic E-state index is 0.0618. The molecule has 0 spiro atoms. The van der Waals surface area contributed by atoms with E-state index in [-0.39, 0.29) is 12.0 Å². The summed E-state index contributed by atoms with van der Waals surface area (Å²) in [4.78, 5) is 12.7. The van der Waals surface area contributed by atoms with E-state index in [1.807, 2.05) is 19.1 Å². The lowest BCUT2D eigenvalue weighted by atomic mass is 9.86. The van der Waals surface area contributed by atoms with Gasteiger partial charge >= 0.3 is 0 Å². The van der Waals surface area contributed by atoms with Crippen LogP contribution in [0.3, 0.4) is 0 Å². The maximum Gasteiger partial charge on any atom is 0.170 e. The summed E-state index contributed by atoms with van der Waals surface area (Å²) in [7, 11) is 0. The first-order valence-corrected chi connectivity index (χ1v) is 6.73. The van der Waals surface area contributed by atoms with Crippen molar-refractivity contribution in [3.63, 3.8) is 0 Å². The maximum absolute atomic E-state index is 12.7. The Kier molecular flexibility index (Phi) is 2.10. The second kappa shape index (κ2) is 3.70. The monoisotopic (exact) mass is 249 g/mol. The summed E-state index contributed by atoms with van der Waals surface area (Å²) in [5, 5.41) is 3.55. The minimum Gasteiger partial charge on any atom is -0.377 e. The molecule has 2 heteroatoms. The third-order valence-electron chi connectivity index (χ3n) is 4.32. The van der Waals surface area contributed by atoms with Crippen LogP contribution in [-0.4, -0.2) is 5.78 Å². The Hall–Kier alpha value is -2.09. The van der Waals surface area contributed by atoms with Gasteiger partial charge in [0, 0.05) is 11.3 Å². The van der Waals surface area contributed by atoms with Crippen LogP contribution in [-0.2, 0) is 6.42 Å². The van der Waals surface area contributed by atoms with E-state index in [0.717, 1.165) is 23.2 Å². The van der Waals surface area contributed by atoms with Gasteiger partial charge in [0.2, 0.25) is 0 Å². The van der Waals surface area contributed by atoms with Crippen LogP contribution in [0.25, 0.3) is 0 Å². The second-order valence-corrected chi connectivity index (χ2v) is 5.54. The standard InChI is InChI=1S/C17H15NO/c1-10-6-7-15-13(8-10)17(19)14-9-11-4-2-3-5-12(11)16(14)18-15/h2-8,14,16,18H,9H2,1H3. The quantitative estimate of drug-likeness (QED) is 0.774. The van der Waals surface area contributed by atoms with Gasteiger partial charge in [0.1, 0.15) is 0 Å². The number of hydrogen-bond donors (Lipinski definition) is 1. The van der Waals surface area contributed by atoms with Gasteiger partial charge < -0.3 is 5.32 Å². The van der Waals surface area contributed by atoms with Crippen molar-refractivity contribution in [2.45, 2.75) is 19.4 Å². The summed E-state index contributed by atoms with van der Waals surface area (Å²) in [6, 6.07) is 14.6. The molecular formula is C17H15NO. The van der Waals surface area contributed by atoms with Gasteiger partial charge in [-0.15, -0.1) is 0 Å². The number of aryl methyl sites for hydroxylation is 1. The van der Waals surface area contributed by atoms with Crippen LogP contribution >= 0.6 is 0 Å². The molecule has 1 N–H and O–H groups in total. The zero-order valence-corrected chi connectivity index (χ0v) is 10.8. The highest BCUT2D eigenvalue weighted by Crippen LogP contribution is 2.44. The van der Waals surface area contributed by atoms with E-state index < -0.39 is 0 Å². The Balaban J connectivity index is 1.85. The van der Waals surface area contributed by atoms with Gasteiger partial charge in [0.15, 0.2) is 5.78 Å². The van der Waals surface area contributed by atoms with E-state index in [1.54, 1.807) is 0 Å². The van der Waals surface area contributed by atoms with Gasteiger partial charge in [-0.2, -0.15) is 0 Å². The van der Waals surface area contributed by atoms with Crippen molar-refractivity contribution in [2.75, 3.05) is 5.32 Å². The molecule has 0 saturated carbocycles. The van der Waals surface area contributed by atoms with E-state index in [0.29, 0.717) is 5.78 Å². The molecule has 4 rings (SSSR count). The molecule has 0 saturated heterocycles. The SMILES string of the molecule is Cc1ccc2c(c1)C(=O)C1Cc3ccccc3C1N2. The molecule has 2 aliphatic rings. The third kappa shape index (κ3) is 1.46. The molecule has 1 aliphatic heterocycles. The number of Topliss-reactive ketones (excluding diaryl/α,β-unsaturated/α-hetero) is 1. The molecule has 1 aliphatic carbocycles. The van der Waals surface area contributed by atoms with Gasteiger partial charge in [-0.05, 0) is 36.6 Å². The van der Waals surface area contributed by atoms with Gasteiger partial charge in [0.25, 0.3) is 0 Å². The lowest BCUT2D eigenvalue weighted by Crippen LogP contribution is -2.30. The van der Waals surface area contributed by atoms with Crippen molar-refractivity contribution in [3.8, 4) is 0 Å². The number of fused-ring (bicyclic) bond motifs is 4. The lowest BCUT2D eigenvalue weighted by Gasteiger charge is -2.29. The molecule has 2 atom stereocenters. The second-order valence-electron chi connectivity index (χ2n) is 5.54. The van der Waals surface area contributed by atoms with Crippen molar-refractivity contribution in [3.05, 3.63) is 64.7 Å². The Bertz CT molecular complexity index is 689. The fourth-order valence-corrected chi connectivity index (χ4v) is 3.37. The van der Waals surface area contributed by atoms with Gasteiger partial charge in [0.05, 0.1) is 12.0 Å². The summed E-state index contributed by atoms with van der Waals surface area (Å²) in [5.74, 6) is 0.352. The van der Waals surface area contributed by atoms with E-state index in [4.69, 9.17) is 0 Å². The molecule has 2 nitrogen and oxygen atoms in total. The smallest absolute Gasteiger partial charge is 0.170 e. The van der Waals surface area contributed by atoms with Gasteiger partial charge in [-0.1, -0.05) is 35.9 Å². The van der Waals surface area contributed by atoms with Crippen molar-refractivity contribution in [1.82, 2.24) is 0 Å². The molecule has 1 heterocycles. The predicted molar refractivity (Wildman–Crippen MR) is 75.5 cm³/mol. The first-order valence-electron chi connectivity index (χ1n) is 6.73. The number of rotatable bonds is 0. The fraction of sp³-hybridized carbons (Fsp3) is 0.235. The van der Waals surface area contributed by atoms with Gasteiger partial charge in [-0.3, -0.25) is 4.79 Å². The van der Waals surface area contributed by atoms with Crippen LogP contribution in [0.15, 0.2) is 42.5 Å². The number of anilines is 1. The normalized spacial score (nSPS) is 23.3. The number of benzene rings is 2. The first kappa shape index (κ1) is 10.8. The minimum atomic E-state index is 0.0618. The third-order valence-corrected chi connectivity index (χ3v) is 4.32. The van der Waals surface area contributed by atoms with Crippen molar-refractivity contribution < 1.29 is 4.79 Å². The van der Waals surface area contributed by atoms with Gasteiger partial charge in [-0.25, -0.2) is 0 Å². The van der Waals surface area contributed by atoms with Crippen LogP contribution in [0.4, 0.5) is 5.69 Å². The molecular weight excluding hydrogens is 234 g/mol. The van der Waals surface area contributed by atoms with Crippen LogP contribution in [0.2, 0.25) is 0 Å². The summed E-state index contributed by atoms with van der Waals surface area (Å²) in [5.41, 5.74) is 5.57. The lowest BCUT2D eigenvalue weighted by molar-refractivity contribution is 0.0906. The molecule has 0 fully saturated rings.